The van der Waals surface area contributed by atoms with Crippen molar-refractivity contribution < 1.29 is 17.9 Å². The summed E-state index contributed by atoms with van der Waals surface area (Å²) in [6, 6.07) is 4.08. The Labute approximate surface area is 127 Å². The highest BCUT2D eigenvalue weighted by Gasteiger charge is 2.33. The Balaban J connectivity index is 2.38. The number of rotatable bonds is 2. The van der Waals surface area contributed by atoms with Gasteiger partial charge in [-0.05, 0) is 37.1 Å². The van der Waals surface area contributed by atoms with Crippen molar-refractivity contribution in [3.63, 3.8) is 0 Å². The van der Waals surface area contributed by atoms with Crippen LogP contribution in [0, 0.1) is 13.8 Å². The van der Waals surface area contributed by atoms with Crippen LogP contribution in [0.1, 0.15) is 16.8 Å². The number of nitrogen functional groups attached to an aromatic ring is 1. The molecule has 1 heterocycles. The number of hydrogen-bond donors (Lipinski definition) is 1. The fraction of sp³-hybridized carbons (Fsp3) is 0.231. The van der Waals surface area contributed by atoms with Crippen LogP contribution in [0.15, 0.2) is 22.7 Å². The van der Waals surface area contributed by atoms with Gasteiger partial charge >= 0.3 is 6.18 Å². The lowest BCUT2D eigenvalue weighted by Crippen LogP contribution is -2.11. The molecule has 2 aromatic rings. The zero-order chi connectivity index (χ0) is 15.8. The molecule has 0 aliphatic carbocycles. The molecule has 0 spiro atoms. The Morgan fingerprint density at radius 1 is 1.10 bits per heavy atom. The highest BCUT2D eigenvalue weighted by molar-refractivity contribution is 9.10. The lowest BCUT2D eigenvalue weighted by atomic mass is 10.1. The van der Waals surface area contributed by atoms with Gasteiger partial charge in [0, 0.05) is 10.5 Å². The van der Waals surface area contributed by atoms with E-state index in [0.717, 1.165) is 15.6 Å². The summed E-state index contributed by atoms with van der Waals surface area (Å²) in [4.78, 5) is 6.81. The van der Waals surface area contributed by atoms with Gasteiger partial charge in [0.15, 0.2) is 5.69 Å². The number of aromatic nitrogens is 2. The van der Waals surface area contributed by atoms with E-state index in [2.05, 4.69) is 25.9 Å². The zero-order valence-electron chi connectivity index (χ0n) is 11.1. The normalized spacial score (nSPS) is 11.5. The van der Waals surface area contributed by atoms with Crippen molar-refractivity contribution in [1.82, 2.24) is 9.97 Å². The van der Waals surface area contributed by atoms with E-state index in [1.165, 1.54) is 0 Å². The van der Waals surface area contributed by atoms with E-state index >= 15 is 0 Å². The molecule has 0 fully saturated rings. The Bertz CT molecular complexity index is 666. The van der Waals surface area contributed by atoms with Crippen LogP contribution in [0.3, 0.4) is 0 Å². The molecule has 0 unspecified atom stereocenters. The first-order valence-electron chi connectivity index (χ1n) is 5.83. The number of alkyl halides is 3. The Morgan fingerprint density at radius 2 is 1.67 bits per heavy atom. The summed E-state index contributed by atoms with van der Waals surface area (Å²) < 4.78 is 44.3. The maximum Gasteiger partial charge on any atom is 0.433 e. The zero-order valence-corrected chi connectivity index (χ0v) is 12.7. The first-order valence-corrected chi connectivity index (χ1v) is 6.62. The van der Waals surface area contributed by atoms with E-state index < -0.39 is 17.8 Å². The largest absolute Gasteiger partial charge is 0.439 e. The maximum atomic E-state index is 12.7. The number of halogens is 4. The Morgan fingerprint density at radius 3 is 2.19 bits per heavy atom. The van der Waals surface area contributed by atoms with Gasteiger partial charge in [0.2, 0.25) is 11.8 Å². The van der Waals surface area contributed by atoms with Crippen LogP contribution in [-0.4, -0.2) is 9.97 Å². The Kier molecular flexibility index (Phi) is 4.08. The molecule has 4 nitrogen and oxygen atoms in total. The number of aryl methyl sites for hydroxylation is 2. The number of ether oxygens (including phenoxy) is 1. The predicted octanol–water partition coefficient (Wildman–Crippen LogP) is 4.25. The van der Waals surface area contributed by atoms with E-state index in [9.17, 15) is 13.2 Å². The fourth-order valence-electron chi connectivity index (χ4n) is 1.73. The quantitative estimate of drug-likeness (QED) is 0.868. The van der Waals surface area contributed by atoms with E-state index in [-0.39, 0.29) is 5.88 Å². The third kappa shape index (κ3) is 3.63. The molecule has 0 aliphatic heterocycles. The first-order chi connectivity index (χ1) is 9.66. The standard InChI is InChI=1S/C13H11BrF3N3O/c1-6-3-8(4-7(2)11(6)14)21-10-5-9(13(15,16)17)19-12(18)20-10/h3-5H,1-2H3,(H2,18,19,20). The fourth-order valence-corrected chi connectivity index (χ4v) is 1.96. The molecule has 1 aromatic heterocycles. The van der Waals surface area contributed by atoms with Crippen molar-refractivity contribution in [2.24, 2.45) is 0 Å². The Hall–Kier alpha value is -1.83. The van der Waals surface area contributed by atoms with Crippen LogP contribution in [0.2, 0.25) is 0 Å². The van der Waals surface area contributed by atoms with Gasteiger partial charge in [0.1, 0.15) is 5.75 Å². The topological polar surface area (TPSA) is 61.0 Å². The molecule has 0 saturated carbocycles. The van der Waals surface area contributed by atoms with Crippen molar-refractivity contribution in [3.05, 3.63) is 39.5 Å². The summed E-state index contributed by atoms with van der Waals surface area (Å²) in [7, 11) is 0. The molecule has 0 aliphatic rings. The van der Waals surface area contributed by atoms with Crippen molar-refractivity contribution in [2.75, 3.05) is 5.73 Å². The van der Waals surface area contributed by atoms with Crippen LogP contribution in [0.5, 0.6) is 11.6 Å². The molecular formula is C13H11BrF3N3O. The molecule has 8 heteroatoms. The summed E-state index contributed by atoms with van der Waals surface area (Å²) in [5.41, 5.74) is 5.92. The van der Waals surface area contributed by atoms with Crippen LogP contribution in [-0.2, 0) is 6.18 Å². The van der Waals surface area contributed by atoms with Crippen molar-refractivity contribution in [3.8, 4) is 11.6 Å². The molecule has 112 valence electrons. The third-order valence-corrected chi connectivity index (χ3v) is 3.89. The minimum atomic E-state index is -4.61. The van der Waals surface area contributed by atoms with Gasteiger partial charge < -0.3 is 10.5 Å². The van der Waals surface area contributed by atoms with Crippen molar-refractivity contribution in [2.45, 2.75) is 20.0 Å². The van der Waals surface area contributed by atoms with Crippen LogP contribution in [0.25, 0.3) is 0 Å². The SMILES string of the molecule is Cc1cc(Oc2cc(C(F)(F)F)nc(N)n2)cc(C)c1Br. The molecule has 0 atom stereocenters. The van der Waals surface area contributed by atoms with Crippen LogP contribution < -0.4 is 10.5 Å². The van der Waals surface area contributed by atoms with Crippen LogP contribution in [0.4, 0.5) is 19.1 Å². The molecule has 1 aromatic carbocycles. The minimum Gasteiger partial charge on any atom is -0.439 e. The second kappa shape index (κ2) is 5.51. The maximum absolute atomic E-state index is 12.7. The molecule has 0 amide bonds. The van der Waals surface area contributed by atoms with Gasteiger partial charge in [-0.25, -0.2) is 4.98 Å². The summed E-state index contributed by atoms with van der Waals surface area (Å²) in [5, 5.41) is 0. The number of nitrogens with zero attached hydrogens (tertiary/aromatic N) is 2. The van der Waals surface area contributed by atoms with Gasteiger partial charge in [-0.15, -0.1) is 0 Å². The average molecular weight is 362 g/mol. The third-order valence-electron chi connectivity index (χ3n) is 2.64. The molecule has 0 radical (unpaired) electrons. The number of nitrogens with two attached hydrogens (primary N) is 1. The molecule has 2 N–H and O–H groups in total. The monoisotopic (exact) mass is 361 g/mol. The lowest BCUT2D eigenvalue weighted by Gasteiger charge is -2.11. The molecule has 0 saturated heterocycles. The van der Waals surface area contributed by atoms with Gasteiger partial charge in [-0.2, -0.15) is 18.2 Å². The average Bonchev–Trinajstić information content (AvgIpc) is 2.34. The second-order valence-electron chi connectivity index (χ2n) is 4.42. The molecular weight excluding hydrogens is 351 g/mol. The predicted molar refractivity (Wildman–Crippen MR) is 75.1 cm³/mol. The van der Waals surface area contributed by atoms with Gasteiger partial charge in [0.05, 0.1) is 0 Å². The summed E-state index contributed by atoms with van der Waals surface area (Å²) >= 11 is 3.40. The van der Waals surface area contributed by atoms with Crippen LogP contribution >= 0.6 is 15.9 Å². The summed E-state index contributed by atoms with van der Waals surface area (Å²) in [5.74, 6) is -0.374. The number of hydrogen-bond acceptors (Lipinski definition) is 4. The van der Waals surface area contributed by atoms with Gasteiger partial charge in [0.25, 0.3) is 0 Å². The van der Waals surface area contributed by atoms with E-state index in [1.54, 1.807) is 12.1 Å². The first kappa shape index (κ1) is 15.6. The van der Waals surface area contributed by atoms with E-state index in [4.69, 9.17) is 10.5 Å². The highest BCUT2D eigenvalue weighted by Crippen LogP contribution is 2.32. The lowest BCUT2D eigenvalue weighted by molar-refractivity contribution is -0.141. The van der Waals surface area contributed by atoms with E-state index in [1.807, 2.05) is 13.8 Å². The summed E-state index contributed by atoms with van der Waals surface area (Å²) in [6.45, 7) is 3.69. The van der Waals surface area contributed by atoms with Gasteiger partial charge in [-0.1, -0.05) is 15.9 Å². The minimum absolute atomic E-state index is 0.254. The smallest absolute Gasteiger partial charge is 0.433 e. The molecule has 21 heavy (non-hydrogen) atoms. The van der Waals surface area contributed by atoms with Gasteiger partial charge in [-0.3, -0.25) is 0 Å². The second-order valence-corrected chi connectivity index (χ2v) is 5.21. The molecule has 2 rings (SSSR count). The molecule has 0 bridgehead atoms. The summed E-state index contributed by atoms with van der Waals surface area (Å²) in [6.07, 6.45) is -4.61. The number of benzene rings is 1. The highest BCUT2D eigenvalue weighted by atomic mass is 79.9. The van der Waals surface area contributed by atoms with E-state index in [0.29, 0.717) is 11.8 Å². The number of anilines is 1. The van der Waals surface area contributed by atoms with Crippen molar-refractivity contribution >= 4 is 21.9 Å². The van der Waals surface area contributed by atoms with Crippen molar-refractivity contribution in [1.29, 1.82) is 0 Å².